The minimum Gasteiger partial charge on any atom is -0.383 e. The van der Waals surface area contributed by atoms with Crippen molar-refractivity contribution < 1.29 is 13.7 Å². The predicted octanol–water partition coefficient (Wildman–Crippen LogP) is -0.893. The summed E-state index contributed by atoms with van der Waals surface area (Å²) in [6.07, 6.45) is 0. The number of hydrogen-bond donors (Lipinski definition) is 2. The maximum Gasteiger partial charge on any atom is 0.234 e. The largest absolute Gasteiger partial charge is 0.383 e. The second-order valence-electron chi connectivity index (χ2n) is 2.95. The molecule has 0 aromatic heterocycles. The van der Waals surface area contributed by atoms with Crippen LogP contribution in [0.4, 0.5) is 0 Å². The van der Waals surface area contributed by atoms with Crippen molar-refractivity contribution in [3.05, 3.63) is 0 Å². The van der Waals surface area contributed by atoms with Crippen LogP contribution >= 0.6 is 0 Å². The monoisotopic (exact) mass is 236 g/mol. The van der Waals surface area contributed by atoms with Crippen LogP contribution in [0, 0.1) is 0 Å². The molecule has 90 valence electrons. The molecule has 0 aliphatic rings. The summed E-state index contributed by atoms with van der Waals surface area (Å²) in [4.78, 5) is 11.1. The quantitative estimate of drug-likeness (QED) is 0.510. The van der Waals surface area contributed by atoms with E-state index in [1.54, 1.807) is 7.11 Å². The Morgan fingerprint density at radius 2 is 2.13 bits per heavy atom. The van der Waals surface area contributed by atoms with Crippen molar-refractivity contribution in [2.75, 3.05) is 44.9 Å². The average Bonchev–Trinajstić information content (AvgIpc) is 2.24. The second-order valence-corrected chi connectivity index (χ2v) is 4.82. The van der Waals surface area contributed by atoms with E-state index in [4.69, 9.17) is 4.74 Å². The number of hydrogen-bond acceptors (Lipinski definition) is 4. The number of carbonyl (C=O) groups excluding carboxylic acids is 1. The first-order chi connectivity index (χ1) is 7.20. The molecule has 0 aromatic rings. The van der Waals surface area contributed by atoms with Crippen molar-refractivity contribution in [2.45, 2.75) is 6.92 Å². The van der Waals surface area contributed by atoms with E-state index in [0.717, 1.165) is 0 Å². The first-order valence-corrected chi connectivity index (χ1v) is 6.50. The summed E-state index contributed by atoms with van der Waals surface area (Å²) in [7, 11) is 0.825. The van der Waals surface area contributed by atoms with E-state index in [1.807, 2.05) is 6.92 Å². The molecule has 0 aromatic carbocycles. The zero-order valence-corrected chi connectivity index (χ0v) is 10.2. The Labute approximate surface area is 93.4 Å². The van der Waals surface area contributed by atoms with E-state index >= 15 is 0 Å². The van der Waals surface area contributed by atoms with Crippen LogP contribution in [0.15, 0.2) is 0 Å². The van der Waals surface area contributed by atoms with Crippen LogP contribution in [0.2, 0.25) is 0 Å². The molecule has 15 heavy (non-hydrogen) atoms. The van der Waals surface area contributed by atoms with Gasteiger partial charge in [-0.3, -0.25) is 9.00 Å². The van der Waals surface area contributed by atoms with Gasteiger partial charge in [0.05, 0.1) is 13.2 Å². The second kappa shape index (κ2) is 10.1. The number of rotatable bonds is 9. The lowest BCUT2D eigenvalue weighted by Gasteiger charge is -2.05. The van der Waals surface area contributed by atoms with Crippen molar-refractivity contribution in [2.24, 2.45) is 0 Å². The van der Waals surface area contributed by atoms with E-state index in [2.05, 4.69) is 10.6 Å². The first-order valence-electron chi connectivity index (χ1n) is 5.02. The summed E-state index contributed by atoms with van der Waals surface area (Å²) < 4.78 is 15.8. The summed E-state index contributed by atoms with van der Waals surface area (Å²) in [5, 5.41) is 5.61. The number of amides is 1. The molecular weight excluding hydrogens is 216 g/mol. The van der Waals surface area contributed by atoms with Gasteiger partial charge in [-0.2, -0.15) is 0 Å². The number of methoxy groups -OCH3 is 1. The zero-order valence-electron chi connectivity index (χ0n) is 9.38. The van der Waals surface area contributed by atoms with Gasteiger partial charge in [-0.15, -0.1) is 0 Å². The molecule has 6 heteroatoms. The molecule has 1 amide bonds. The van der Waals surface area contributed by atoms with Crippen LogP contribution in [0.3, 0.4) is 0 Å². The van der Waals surface area contributed by atoms with E-state index in [0.29, 0.717) is 31.2 Å². The summed E-state index contributed by atoms with van der Waals surface area (Å²) >= 11 is 0. The van der Waals surface area contributed by atoms with Gasteiger partial charge < -0.3 is 15.4 Å². The van der Waals surface area contributed by atoms with Crippen molar-refractivity contribution in [3.63, 3.8) is 0 Å². The highest BCUT2D eigenvalue weighted by Gasteiger charge is 2.00. The molecule has 0 spiro atoms. The zero-order chi connectivity index (χ0) is 11.5. The van der Waals surface area contributed by atoms with Crippen LogP contribution in [0.1, 0.15) is 6.92 Å². The minimum absolute atomic E-state index is 0.0608. The maximum atomic E-state index is 11.1. The third-order valence-electron chi connectivity index (χ3n) is 1.74. The minimum atomic E-state index is -0.763. The summed E-state index contributed by atoms with van der Waals surface area (Å²) in [6, 6.07) is 0. The van der Waals surface area contributed by atoms with Crippen molar-refractivity contribution in [1.82, 2.24) is 10.6 Å². The SMILES string of the molecule is CCS(=O)CCNCC(=O)NCCOC. The highest BCUT2D eigenvalue weighted by Crippen LogP contribution is 1.78. The third-order valence-corrected chi connectivity index (χ3v) is 3.05. The van der Waals surface area contributed by atoms with Crippen LogP contribution in [0.5, 0.6) is 0 Å². The molecule has 1 atom stereocenters. The number of nitrogens with one attached hydrogen (secondary N) is 2. The Kier molecular flexibility index (Phi) is 9.76. The fourth-order valence-electron chi connectivity index (χ4n) is 0.887. The van der Waals surface area contributed by atoms with Gasteiger partial charge in [0.1, 0.15) is 0 Å². The van der Waals surface area contributed by atoms with Gasteiger partial charge in [-0.25, -0.2) is 0 Å². The smallest absolute Gasteiger partial charge is 0.234 e. The molecule has 1 unspecified atom stereocenters. The van der Waals surface area contributed by atoms with Crippen LogP contribution in [-0.4, -0.2) is 55.0 Å². The van der Waals surface area contributed by atoms with Gasteiger partial charge in [0.25, 0.3) is 0 Å². The molecule has 5 nitrogen and oxygen atoms in total. The summed E-state index contributed by atoms with van der Waals surface area (Å²) in [6.45, 7) is 3.81. The predicted molar refractivity (Wildman–Crippen MR) is 61.3 cm³/mol. The van der Waals surface area contributed by atoms with E-state index in [-0.39, 0.29) is 12.5 Å². The molecule has 0 saturated heterocycles. The topological polar surface area (TPSA) is 67.4 Å². The molecular formula is C9H20N2O3S. The fourth-order valence-corrected chi connectivity index (χ4v) is 1.55. The Hall–Kier alpha value is -0.460. The first kappa shape index (κ1) is 14.5. The lowest BCUT2D eigenvalue weighted by Crippen LogP contribution is -2.36. The van der Waals surface area contributed by atoms with Crippen LogP contribution < -0.4 is 10.6 Å². The summed E-state index contributed by atoms with van der Waals surface area (Å²) in [5.74, 6) is 1.21. The molecule has 2 N–H and O–H groups in total. The third kappa shape index (κ3) is 9.84. The normalized spacial score (nSPS) is 12.4. The van der Waals surface area contributed by atoms with E-state index < -0.39 is 10.8 Å². The summed E-state index contributed by atoms with van der Waals surface area (Å²) in [5.41, 5.74) is 0. The highest BCUT2D eigenvalue weighted by molar-refractivity contribution is 7.84. The Bertz CT molecular complexity index is 200. The molecule has 0 aliphatic heterocycles. The van der Waals surface area contributed by atoms with Gasteiger partial charge in [0.2, 0.25) is 5.91 Å². The van der Waals surface area contributed by atoms with Crippen LogP contribution in [-0.2, 0) is 20.3 Å². The Morgan fingerprint density at radius 3 is 2.73 bits per heavy atom. The standard InChI is InChI=1S/C9H20N2O3S/c1-3-15(13)7-5-10-8-9(12)11-4-6-14-2/h10H,3-8H2,1-2H3,(H,11,12). The fraction of sp³-hybridized carbons (Fsp3) is 0.889. The molecule has 0 heterocycles. The van der Waals surface area contributed by atoms with Gasteiger partial charge in [0, 0.05) is 42.5 Å². The van der Waals surface area contributed by atoms with Crippen LogP contribution in [0.25, 0.3) is 0 Å². The van der Waals surface area contributed by atoms with E-state index in [1.165, 1.54) is 0 Å². The van der Waals surface area contributed by atoms with Gasteiger partial charge in [-0.05, 0) is 0 Å². The molecule has 0 aliphatic carbocycles. The Balaban J connectivity index is 3.27. The van der Waals surface area contributed by atoms with E-state index in [9.17, 15) is 9.00 Å². The lowest BCUT2D eigenvalue weighted by atomic mass is 10.5. The number of ether oxygens (including phenoxy) is 1. The molecule has 0 saturated carbocycles. The molecule has 0 fully saturated rings. The van der Waals surface area contributed by atoms with Gasteiger partial charge >= 0.3 is 0 Å². The van der Waals surface area contributed by atoms with Gasteiger partial charge in [-0.1, -0.05) is 6.92 Å². The molecule has 0 bridgehead atoms. The molecule has 0 rings (SSSR count). The average molecular weight is 236 g/mol. The van der Waals surface area contributed by atoms with Crippen molar-refractivity contribution in [3.8, 4) is 0 Å². The lowest BCUT2D eigenvalue weighted by molar-refractivity contribution is -0.120. The number of carbonyl (C=O) groups is 1. The maximum absolute atomic E-state index is 11.1. The highest BCUT2D eigenvalue weighted by atomic mass is 32.2. The van der Waals surface area contributed by atoms with Crippen molar-refractivity contribution >= 4 is 16.7 Å². The molecule has 0 radical (unpaired) electrons. The van der Waals surface area contributed by atoms with Gasteiger partial charge in [0.15, 0.2) is 0 Å². The Morgan fingerprint density at radius 1 is 1.40 bits per heavy atom. The van der Waals surface area contributed by atoms with Crippen molar-refractivity contribution in [1.29, 1.82) is 0 Å².